The van der Waals surface area contributed by atoms with Crippen molar-refractivity contribution < 1.29 is 27.9 Å². The van der Waals surface area contributed by atoms with Crippen LogP contribution in [0, 0.1) is 5.82 Å². The maximum atomic E-state index is 13.8. The summed E-state index contributed by atoms with van der Waals surface area (Å²) in [6.45, 7) is 0.0135. The van der Waals surface area contributed by atoms with Gasteiger partial charge in [0.15, 0.2) is 16.7 Å². The van der Waals surface area contributed by atoms with Crippen LogP contribution in [-0.2, 0) is 11.3 Å². The number of furan rings is 1. The van der Waals surface area contributed by atoms with Crippen LogP contribution in [0.4, 0.5) is 4.39 Å². The van der Waals surface area contributed by atoms with Gasteiger partial charge in [0.2, 0.25) is 0 Å². The van der Waals surface area contributed by atoms with E-state index in [0.717, 1.165) is 22.6 Å². The number of nitrogens with one attached hydrogen (secondary N) is 1. The van der Waals surface area contributed by atoms with E-state index < -0.39 is 11.7 Å². The molecular formula is C33H29FN6O5S. The lowest BCUT2D eigenvalue weighted by Crippen LogP contribution is -2.28. The Hall–Kier alpha value is -5.43. The van der Waals surface area contributed by atoms with Gasteiger partial charge in [-0.3, -0.25) is 14.2 Å². The number of carbonyl (C=O) groups excluding carboxylic acids is 2. The molecule has 6 rings (SSSR count). The summed E-state index contributed by atoms with van der Waals surface area (Å²) >= 11 is 1.17. The van der Waals surface area contributed by atoms with Gasteiger partial charge in [-0.15, -0.1) is 10.2 Å². The van der Waals surface area contributed by atoms with Crippen LogP contribution in [0.25, 0.3) is 5.69 Å². The Morgan fingerprint density at radius 2 is 1.65 bits per heavy atom. The number of amides is 2. The topological polar surface area (TPSA) is 124 Å². The molecule has 2 amide bonds. The van der Waals surface area contributed by atoms with Gasteiger partial charge in [0, 0.05) is 12.1 Å². The molecule has 0 aliphatic carbocycles. The van der Waals surface area contributed by atoms with Crippen molar-refractivity contribution in [3.63, 3.8) is 0 Å². The zero-order valence-electron chi connectivity index (χ0n) is 24.9. The molecule has 0 bridgehead atoms. The number of thioether (sulfide) groups is 1. The lowest BCUT2D eigenvalue weighted by molar-refractivity contribution is -0.130. The molecule has 0 spiro atoms. The monoisotopic (exact) mass is 640 g/mol. The van der Waals surface area contributed by atoms with Crippen LogP contribution < -0.4 is 14.8 Å². The molecule has 3 heterocycles. The number of halogens is 1. The van der Waals surface area contributed by atoms with Crippen LogP contribution in [0.3, 0.4) is 0 Å². The first-order chi connectivity index (χ1) is 22.4. The summed E-state index contributed by atoms with van der Waals surface area (Å²) in [7, 11) is 3.21. The van der Waals surface area contributed by atoms with E-state index in [0.29, 0.717) is 28.8 Å². The molecule has 1 aliphatic rings. The van der Waals surface area contributed by atoms with Gasteiger partial charge in [0.25, 0.3) is 11.8 Å². The summed E-state index contributed by atoms with van der Waals surface area (Å²) in [5.74, 6) is 0.898. The van der Waals surface area contributed by atoms with Crippen LogP contribution >= 0.6 is 11.8 Å². The van der Waals surface area contributed by atoms with Crippen molar-refractivity contribution in [2.75, 3.05) is 20.0 Å². The Morgan fingerprint density at radius 1 is 0.957 bits per heavy atom. The molecule has 0 saturated heterocycles. The van der Waals surface area contributed by atoms with Crippen molar-refractivity contribution in [3.8, 4) is 17.2 Å². The third-order valence-electron chi connectivity index (χ3n) is 7.35. The molecule has 234 valence electrons. The maximum Gasteiger partial charge on any atom is 0.287 e. The molecule has 1 aliphatic heterocycles. The van der Waals surface area contributed by atoms with Crippen molar-refractivity contribution in [2.45, 2.75) is 24.2 Å². The highest BCUT2D eigenvalue weighted by Crippen LogP contribution is 2.35. The van der Waals surface area contributed by atoms with E-state index >= 15 is 0 Å². The van der Waals surface area contributed by atoms with Crippen LogP contribution in [-0.4, -0.2) is 57.3 Å². The Labute approximate surface area is 268 Å². The summed E-state index contributed by atoms with van der Waals surface area (Å²) < 4.78 is 31.2. The first kappa shape index (κ1) is 30.6. The molecule has 2 aromatic heterocycles. The summed E-state index contributed by atoms with van der Waals surface area (Å²) in [5.41, 5.74) is 3.14. The van der Waals surface area contributed by atoms with E-state index in [-0.39, 0.29) is 30.0 Å². The highest BCUT2D eigenvalue weighted by Gasteiger charge is 2.33. The van der Waals surface area contributed by atoms with Crippen molar-refractivity contribution >= 4 is 29.3 Å². The van der Waals surface area contributed by atoms with Gasteiger partial charge in [-0.05, 0) is 83.9 Å². The molecular weight excluding hydrogens is 611 g/mol. The van der Waals surface area contributed by atoms with Crippen LogP contribution in [0.5, 0.6) is 11.5 Å². The van der Waals surface area contributed by atoms with E-state index in [9.17, 15) is 14.0 Å². The minimum atomic E-state index is -0.424. The van der Waals surface area contributed by atoms with Crippen molar-refractivity contribution in [3.05, 3.63) is 120 Å². The number of nitrogens with zero attached hydrogens (tertiary/aromatic N) is 5. The lowest BCUT2D eigenvalue weighted by atomic mass is 9.98. The van der Waals surface area contributed by atoms with Crippen molar-refractivity contribution in [1.29, 1.82) is 0 Å². The first-order valence-corrected chi connectivity index (χ1v) is 15.2. The SMILES string of the molecule is COc1ccc(C2=NN(C(=O)CSc3nnc(CNC(=O)c4ccco4)n3-c3ccc(F)cc3)[C@H](c3ccc(OC)cc3)C2)cc1. The number of aromatic nitrogens is 3. The van der Waals surface area contributed by atoms with Gasteiger partial charge in [-0.1, -0.05) is 23.9 Å². The number of hydrogen-bond acceptors (Lipinski definition) is 9. The average Bonchev–Trinajstić information content (AvgIpc) is 3.87. The molecule has 5 aromatic rings. The largest absolute Gasteiger partial charge is 0.497 e. The number of methoxy groups -OCH3 is 2. The molecule has 46 heavy (non-hydrogen) atoms. The summed E-state index contributed by atoms with van der Waals surface area (Å²) in [4.78, 5) is 26.3. The molecule has 11 nitrogen and oxygen atoms in total. The lowest BCUT2D eigenvalue weighted by Gasteiger charge is -2.22. The minimum Gasteiger partial charge on any atom is -0.497 e. The number of ether oxygens (including phenoxy) is 2. The third kappa shape index (κ3) is 6.64. The normalized spacial score (nSPS) is 14.2. The average molecular weight is 641 g/mol. The molecule has 3 aromatic carbocycles. The van der Waals surface area contributed by atoms with Gasteiger partial charge in [0.05, 0.1) is 44.5 Å². The van der Waals surface area contributed by atoms with E-state index in [4.69, 9.17) is 19.0 Å². The van der Waals surface area contributed by atoms with E-state index in [1.165, 1.54) is 35.2 Å². The molecule has 1 atom stereocenters. The Balaban J connectivity index is 1.25. The molecule has 0 radical (unpaired) electrons. The highest BCUT2D eigenvalue weighted by molar-refractivity contribution is 7.99. The molecule has 0 unspecified atom stereocenters. The fourth-order valence-electron chi connectivity index (χ4n) is 4.99. The first-order valence-electron chi connectivity index (χ1n) is 14.3. The van der Waals surface area contributed by atoms with Gasteiger partial charge < -0.3 is 19.2 Å². The fourth-order valence-corrected chi connectivity index (χ4v) is 5.81. The van der Waals surface area contributed by atoms with E-state index in [1.807, 2.05) is 48.5 Å². The predicted octanol–water partition coefficient (Wildman–Crippen LogP) is 5.42. The smallest absolute Gasteiger partial charge is 0.287 e. The van der Waals surface area contributed by atoms with E-state index in [1.54, 1.807) is 43.1 Å². The van der Waals surface area contributed by atoms with Gasteiger partial charge >= 0.3 is 0 Å². The van der Waals surface area contributed by atoms with Crippen LogP contribution in [0.1, 0.15) is 40.0 Å². The summed E-state index contributed by atoms with van der Waals surface area (Å²) in [6.07, 6.45) is 1.92. The Bertz CT molecular complexity index is 1840. The zero-order chi connectivity index (χ0) is 32.0. The molecule has 0 fully saturated rings. The molecule has 0 saturated carbocycles. The Kier molecular flexibility index (Phi) is 9.10. The second-order valence-electron chi connectivity index (χ2n) is 10.2. The summed E-state index contributed by atoms with van der Waals surface area (Å²) in [6, 6.07) is 23.7. The quantitative estimate of drug-likeness (QED) is 0.190. The van der Waals surface area contributed by atoms with Gasteiger partial charge in [-0.2, -0.15) is 5.10 Å². The number of rotatable bonds is 11. The molecule has 1 N–H and O–H groups in total. The number of carbonyl (C=O) groups is 2. The molecule has 13 heteroatoms. The third-order valence-corrected chi connectivity index (χ3v) is 8.27. The highest BCUT2D eigenvalue weighted by atomic mass is 32.2. The maximum absolute atomic E-state index is 13.8. The summed E-state index contributed by atoms with van der Waals surface area (Å²) in [5, 5.41) is 18.0. The minimum absolute atomic E-state index is 0.00979. The number of hydrogen-bond donors (Lipinski definition) is 1. The second kappa shape index (κ2) is 13.7. The van der Waals surface area contributed by atoms with Crippen LogP contribution in [0.15, 0.2) is 106 Å². The second-order valence-corrected chi connectivity index (χ2v) is 11.1. The fraction of sp³-hybridized carbons (Fsp3) is 0.182. The number of benzene rings is 3. The van der Waals surface area contributed by atoms with Gasteiger partial charge in [0.1, 0.15) is 17.3 Å². The van der Waals surface area contributed by atoms with Gasteiger partial charge in [-0.25, -0.2) is 9.40 Å². The predicted molar refractivity (Wildman–Crippen MR) is 169 cm³/mol. The van der Waals surface area contributed by atoms with Crippen LogP contribution in [0.2, 0.25) is 0 Å². The van der Waals surface area contributed by atoms with Crippen molar-refractivity contribution in [1.82, 2.24) is 25.1 Å². The van der Waals surface area contributed by atoms with Crippen molar-refractivity contribution in [2.24, 2.45) is 5.10 Å². The standard InChI is InChI=1S/C33H29FN6O5S/c1-43-25-13-5-21(6-14-25)27-18-28(22-7-15-26(44-2)16-8-22)40(38-27)31(41)20-46-33-37-36-30(19-35-32(42)29-4-3-17-45-29)39(33)24-11-9-23(34)10-12-24/h3-17,28H,18-20H2,1-2H3,(H,35,42)/t28-/m0/s1. The van der Waals surface area contributed by atoms with E-state index in [2.05, 4.69) is 15.5 Å². The number of hydrazone groups is 1. The Morgan fingerprint density at radius 3 is 2.30 bits per heavy atom. The zero-order valence-corrected chi connectivity index (χ0v) is 25.7.